The maximum atomic E-state index is 6.49. The average Bonchev–Trinajstić information content (AvgIpc) is 3.57. The predicted molar refractivity (Wildman–Crippen MR) is 244 cm³/mol. The van der Waals surface area contributed by atoms with Gasteiger partial charge in [-0.15, -0.1) is 0 Å². The Morgan fingerprint density at radius 2 is 1.09 bits per heavy atom. The van der Waals surface area contributed by atoms with Crippen LogP contribution in [0.25, 0.3) is 0 Å². The molecular weight excluding hydrogens is 803 g/mol. The van der Waals surface area contributed by atoms with Crippen molar-refractivity contribution >= 4 is 17.0 Å². The van der Waals surface area contributed by atoms with Gasteiger partial charge >= 0.3 is 37.9 Å². The first-order valence-electron chi connectivity index (χ1n) is 21.7. The van der Waals surface area contributed by atoms with Gasteiger partial charge in [-0.25, -0.2) is 0 Å². The third-order valence-electron chi connectivity index (χ3n) is 15.6. The topological polar surface area (TPSA) is 9.23 Å². The third-order valence-corrected chi connectivity index (χ3v) is 15.6. The van der Waals surface area contributed by atoms with Gasteiger partial charge in [0.25, 0.3) is 0 Å². The van der Waals surface area contributed by atoms with Gasteiger partial charge in [-0.1, -0.05) is 139 Å². The number of hydrogen-bond acceptors (Lipinski definition) is 1. The molecule has 0 heterocycles. The number of benzene rings is 2. The van der Waals surface area contributed by atoms with Gasteiger partial charge in [-0.3, -0.25) is 0 Å². The zero-order valence-electron chi connectivity index (χ0n) is 39.1. The van der Waals surface area contributed by atoms with Crippen LogP contribution in [0.4, 0.5) is 0 Å². The SMILES string of the molecule is COC1CCC(c2cc(C(C)(C)C)cc(C(C)(C)C)c2)C2CC(C)C(CC3C(C)CC4C(c5ccc(C(C)(C)C)cc5)CC(C(C)(C)C)CC34)C12.[CH3-].[CH3-].[Cl][Zr+2][Cl]. The zero-order chi connectivity index (χ0) is 40.1. The second-order valence-corrected chi connectivity index (χ2v) is 26.7. The quantitative estimate of drug-likeness (QED) is 0.272. The van der Waals surface area contributed by atoms with Gasteiger partial charge < -0.3 is 19.6 Å². The number of rotatable bonds is 5. The fourth-order valence-corrected chi connectivity index (χ4v) is 12.3. The van der Waals surface area contributed by atoms with E-state index in [2.05, 4.69) is 139 Å². The summed E-state index contributed by atoms with van der Waals surface area (Å²) < 4.78 is 6.49. The summed E-state index contributed by atoms with van der Waals surface area (Å²) in [5.41, 5.74) is 8.58. The van der Waals surface area contributed by atoms with E-state index in [-0.39, 0.29) is 31.1 Å². The van der Waals surface area contributed by atoms with Crippen LogP contribution in [0.2, 0.25) is 0 Å². The van der Waals surface area contributed by atoms with E-state index in [1.165, 1.54) is 61.6 Å². The van der Waals surface area contributed by atoms with E-state index in [4.69, 9.17) is 21.8 Å². The van der Waals surface area contributed by atoms with Crippen LogP contribution in [0.3, 0.4) is 0 Å². The fourth-order valence-electron chi connectivity index (χ4n) is 12.3. The molecule has 2 aromatic carbocycles. The normalized spacial score (nSPS) is 33.2. The van der Waals surface area contributed by atoms with Crippen LogP contribution in [-0.2, 0) is 41.8 Å². The van der Waals surface area contributed by atoms with Crippen LogP contribution >= 0.6 is 17.0 Å². The molecule has 2 aromatic rings. The van der Waals surface area contributed by atoms with E-state index in [0.29, 0.717) is 29.3 Å². The van der Waals surface area contributed by atoms with Crippen LogP contribution < -0.4 is 0 Å². The van der Waals surface area contributed by atoms with Crippen molar-refractivity contribution in [2.24, 2.45) is 58.7 Å². The van der Waals surface area contributed by atoms with Crippen molar-refractivity contribution < 1.29 is 25.6 Å². The molecule has 12 atom stereocenters. The molecule has 0 N–H and O–H groups in total. The summed E-state index contributed by atoms with van der Waals surface area (Å²) in [7, 11) is 11.9. The van der Waals surface area contributed by atoms with E-state index in [0.717, 1.165) is 47.3 Å². The van der Waals surface area contributed by atoms with Crippen molar-refractivity contribution in [3.05, 3.63) is 85.1 Å². The van der Waals surface area contributed by atoms with E-state index in [9.17, 15) is 0 Å². The molecule has 6 rings (SSSR count). The summed E-state index contributed by atoms with van der Waals surface area (Å²) in [4.78, 5) is 0. The molecule has 0 aromatic heterocycles. The molecule has 0 radical (unpaired) electrons. The molecular formula is C52H84Cl2OZr. The van der Waals surface area contributed by atoms with E-state index in [1.54, 1.807) is 11.1 Å². The first kappa shape index (κ1) is 50.2. The van der Waals surface area contributed by atoms with Gasteiger partial charge in [0.05, 0.1) is 6.10 Å². The molecule has 0 bridgehead atoms. The Kier molecular flexibility index (Phi) is 17.3. The summed E-state index contributed by atoms with van der Waals surface area (Å²) in [6, 6.07) is 17.7. The summed E-state index contributed by atoms with van der Waals surface area (Å²) >= 11 is -0.826. The molecule has 4 aliphatic carbocycles. The van der Waals surface area contributed by atoms with Crippen molar-refractivity contribution in [1.29, 1.82) is 0 Å². The van der Waals surface area contributed by atoms with Crippen LogP contribution in [0, 0.1) is 73.5 Å². The molecule has 4 aliphatic rings. The predicted octanol–water partition coefficient (Wildman–Crippen LogP) is 16.2. The fraction of sp³-hybridized carbons (Fsp3) is 0.731. The molecule has 56 heavy (non-hydrogen) atoms. The Labute approximate surface area is 367 Å². The summed E-state index contributed by atoms with van der Waals surface area (Å²) in [6.45, 7) is 34.3. The van der Waals surface area contributed by atoms with Crippen molar-refractivity contribution in [2.45, 2.75) is 176 Å². The number of fused-ring (bicyclic) bond motifs is 2. The van der Waals surface area contributed by atoms with Gasteiger partial charge in [0.15, 0.2) is 0 Å². The molecule has 4 saturated carbocycles. The number of hydrogen-bond donors (Lipinski definition) is 0. The van der Waals surface area contributed by atoms with Gasteiger partial charge in [0.1, 0.15) is 0 Å². The Hall–Kier alpha value is -0.137. The van der Waals surface area contributed by atoms with Crippen LogP contribution in [-0.4, -0.2) is 13.2 Å². The summed E-state index contributed by atoms with van der Waals surface area (Å²) in [5.74, 6) is 8.35. The minimum atomic E-state index is -0.826. The molecule has 316 valence electrons. The summed E-state index contributed by atoms with van der Waals surface area (Å²) in [5, 5.41) is 0. The molecule has 12 unspecified atom stereocenters. The molecule has 1 nitrogen and oxygen atoms in total. The maximum absolute atomic E-state index is 6.49. The molecule has 4 fully saturated rings. The molecule has 4 heteroatoms. The van der Waals surface area contributed by atoms with Crippen LogP contribution in [0.5, 0.6) is 0 Å². The monoisotopic (exact) mass is 884 g/mol. The van der Waals surface area contributed by atoms with Crippen molar-refractivity contribution in [3.63, 3.8) is 0 Å². The van der Waals surface area contributed by atoms with Gasteiger partial charge in [-0.2, -0.15) is 0 Å². The zero-order valence-corrected chi connectivity index (χ0v) is 43.1. The molecule has 0 spiro atoms. The van der Waals surface area contributed by atoms with Gasteiger partial charge in [0.2, 0.25) is 0 Å². The van der Waals surface area contributed by atoms with E-state index >= 15 is 0 Å². The first-order valence-corrected chi connectivity index (χ1v) is 28.1. The molecule has 0 saturated heterocycles. The first-order chi connectivity index (χ1) is 25.0. The van der Waals surface area contributed by atoms with Crippen molar-refractivity contribution in [2.75, 3.05) is 7.11 Å². The van der Waals surface area contributed by atoms with Crippen LogP contribution in [0.1, 0.15) is 182 Å². The van der Waals surface area contributed by atoms with Crippen molar-refractivity contribution in [3.8, 4) is 0 Å². The van der Waals surface area contributed by atoms with E-state index < -0.39 is 20.8 Å². The van der Waals surface area contributed by atoms with E-state index in [1.807, 2.05) is 7.11 Å². The Bertz CT molecular complexity index is 1490. The minimum absolute atomic E-state index is 0. The second-order valence-electron chi connectivity index (χ2n) is 22.9. The average molecular weight is 887 g/mol. The van der Waals surface area contributed by atoms with Gasteiger partial charge in [-0.05, 0) is 160 Å². The number of halogens is 2. The summed E-state index contributed by atoms with van der Waals surface area (Å²) in [6.07, 6.45) is 9.88. The standard InChI is InChI=1S/C50H78O.2CH3.2ClH.Zr/c1-30-22-42-41(32-16-18-34(19-17-32)47(3,4)5)27-37(50(12,13)14)28-43(42)39(30)29-40-31(2)23-44-38(20-21-45(51-15)46(40)44)33-24-35(48(6,7)8)26-36(25-33)49(9,10)11;;;;;/h16-19,24-26,30-31,37-46H,20-23,27-29H2,1-15H3;2*1H3;2*1H;/q;2*-1;;;+4/p-2. The van der Waals surface area contributed by atoms with Gasteiger partial charge in [0, 0.05) is 7.11 Å². The second kappa shape index (κ2) is 19.3. The van der Waals surface area contributed by atoms with Crippen LogP contribution in [0.15, 0.2) is 42.5 Å². The Balaban J connectivity index is 0.00000163. The molecule has 0 aliphatic heterocycles. The Morgan fingerprint density at radius 1 is 0.589 bits per heavy atom. The van der Waals surface area contributed by atoms with Crippen molar-refractivity contribution in [1.82, 2.24) is 0 Å². The third kappa shape index (κ3) is 11.0. The Morgan fingerprint density at radius 3 is 1.57 bits per heavy atom. The molecule has 0 amide bonds. The number of methoxy groups -OCH3 is 1. The number of ether oxygens (including phenoxy) is 1.